The molecule has 1 spiro atoms. The second kappa shape index (κ2) is 22.6. The molecule has 80 heavy (non-hydrogen) atoms. The normalized spacial score (nSPS) is 29.7. The summed E-state index contributed by atoms with van der Waals surface area (Å²) in [6, 6.07) is 16.1. The molecule has 6 aliphatic heterocycles. The highest BCUT2D eigenvalue weighted by atomic mass is 32.2. The number of hydrogen-bond donors (Lipinski definition) is 2. The Morgan fingerprint density at radius 3 is 2.52 bits per heavy atom. The number of morpholine rings is 1. The number of nitrogens with zero attached hydrogens (tertiary/aromatic N) is 7. The molecule has 2 saturated carbocycles. The molecule has 3 amide bonds. The summed E-state index contributed by atoms with van der Waals surface area (Å²) in [5.41, 5.74) is 10.0. The van der Waals surface area contributed by atoms with E-state index in [0.717, 1.165) is 114 Å². The predicted molar refractivity (Wildman–Crippen MR) is 306 cm³/mol. The van der Waals surface area contributed by atoms with Crippen molar-refractivity contribution in [2.45, 2.75) is 166 Å². The zero-order chi connectivity index (χ0) is 55.6. The number of carbonyl (C=O) groups is 4. The number of hydrazine groups is 1. The predicted octanol–water partition coefficient (Wildman–Crippen LogP) is 7.11. The summed E-state index contributed by atoms with van der Waals surface area (Å²) < 4.78 is 36.9. The highest BCUT2D eigenvalue weighted by Gasteiger charge is 2.67. The molecule has 2 aliphatic carbocycles. The van der Waals surface area contributed by atoms with Crippen molar-refractivity contribution in [1.82, 2.24) is 39.4 Å². The Balaban J connectivity index is 0.808. The van der Waals surface area contributed by atoms with Crippen molar-refractivity contribution < 1.29 is 37.9 Å². The number of rotatable bonds is 12. The van der Waals surface area contributed by atoms with Crippen LogP contribution in [0.15, 0.2) is 65.7 Å². The minimum Gasteiger partial charge on any atom is -0.593 e. The van der Waals surface area contributed by atoms with Gasteiger partial charge < -0.3 is 38.4 Å². The Hall–Kier alpha value is -5.08. The zero-order valence-electron chi connectivity index (χ0n) is 47.8. The van der Waals surface area contributed by atoms with Gasteiger partial charge in [-0.05, 0) is 145 Å². The average Bonchev–Trinajstić information content (AvgIpc) is 4.39. The van der Waals surface area contributed by atoms with Crippen molar-refractivity contribution >= 4 is 51.6 Å². The maximum absolute atomic E-state index is 15.4. The molecular weight excluding hydrogens is 1030 g/mol. The van der Waals surface area contributed by atoms with Crippen molar-refractivity contribution in [3.05, 3.63) is 77.6 Å². The number of amides is 3. The molecule has 2 aromatic carbocycles. The number of benzene rings is 2. The van der Waals surface area contributed by atoms with Gasteiger partial charge in [-0.3, -0.25) is 34.1 Å². The quantitative estimate of drug-likeness (QED) is 0.0835. The molecule has 430 valence electrons. The van der Waals surface area contributed by atoms with Gasteiger partial charge in [0.05, 0.1) is 60.3 Å². The number of aryl methyl sites for hydroxylation is 2. The minimum absolute atomic E-state index is 0.0138. The van der Waals surface area contributed by atoms with E-state index in [4.69, 9.17) is 19.2 Å². The average molecular weight is 1110 g/mol. The molecule has 4 aromatic rings. The molecule has 2 unspecified atom stereocenters. The highest BCUT2D eigenvalue weighted by Crippen LogP contribution is 2.52. The van der Waals surface area contributed by atoms with Gasteiger partial charge in [0.1, 0.15) is 12.1 Å². The topological polar surface area (TPSA) is 177 Å². The summed E-state index contributed by atoms with van der Waals surface area (Å²) >= 11 is -1.40. The number of anilines is 1. The smallest absolute Gasteiger partial charge is 0.324 e. The first kappa shape index (κ1) is 55.5. The number of likely N-dealkylation sites (tertiary alicyclic amines) is 2. The van der Waals surface area contributed by atoms with E-state index in [-0.39, 0.29) is 66.4 Å². The van der Waals surface area contributed by atoms with Gasteiger partial charge in [-0.2, -0.15) is 0 Å². The fourth-order valence-electron chi connectivity index (χ4n) is 14.7. The van der Waals surface area contributed by atoms with Crippen LogP contribution in [0.4, 0.5) is 5.69 Å². The summed E-state index contributed by atoms with van der Waals surface area (Å²) in [4.78, 5) is 71.6. The molecule has 10 atom stereocenters. The molecule has 18 heteroatoms. The Bertz CT molecular complexity index is 2960. The van der Waals surface area contributed by atoms with Gasteiger partial charge in [-0.25, -0.2) is 5.43 Å². The number of esters is 1. The first-order chi connectivity index (χ1) is 38.6. The summed E-state index contributed by atoms with van der Waals surface area (Å²) in [5.74, 6) is -0.213. The standard InChI is InChI=1S/C62H83N9O8S/c1-7-69-51-23-20-43-32-47(51)48(55(69)46-14-10-26-63-52(46)40(3)77-6)34-61(4,5)38-79-60(75)49-15-11-27-70(65-49)58(73)50(33-44-35-66(43)30-31-78-44)64-57(72)54(41-12-8-9-13-41)67-28-24-62(36-67)25-29-68(37-62)59(74)56-53(42-18-19-42)71(56)80(76)45-21-16-39(2)17-22-45/h10,14,16-17,20-23,26,32,40-42,44,49-50,53-54,56,65H,7-9,11-13,15,18-19,24-25,27-31,33-38H2,1-6H3,(H,64,72)/t40-,44-,49-,50-,53+,54-,56+,62-,71?,80?/m0/s1. The number of methoxy groups -OCH3 is 1. The number of hydrogen-bond acceptors (Lipinski definition) is 13. The summed E-state index contributed by atoms with van der Waals surface area (Å²) in [6.07, 6.45) is 11.0. The van der Waals surface area contributed by atoms with E-state index in [1.54, 1.807) is 12.1 Å². The third-order valence-electron chi connectivity index (χ3n) is 19.2. The maximum atomic E-state index is 15.4. The molecule has 6 bridgehead atoms. The lowest BCUT2D eigenvalue weighted by Gasteiger charge is -2.39. The van der Waals surface area contributed by atoms with Crippen molar-refractivity contribution in [2.75, 3.05) is 71.0 Å². The van der Waals surface area contributed by atoms with Gasteiger partial charge in [0.2, 0.25) is 11.8 Å². The number of cyclic esters (lactones) is 1. The molecule has 5 saturated heterocycles. The first-order valence-corrected chi connectivity index (χ1v) is 31.1. The Kier molecular flexibility index (Phi) is 15.7. The van der Waals surface area contributed by atoms with Crippen molar-refractivity contribution in [1.29, 1.82) is 0 Å². The fourth-order valence-corrected chi connectivity index (χ4v) is 16.2. The molecule has 2 N–H and O–H groups in total. The third kappa shape index (κ3) is 10.9. The lowest BCUT2D eigenvalue weighted by Crippen LogP contribution is -2.62. The largest absolute Gasteiger partial charge is 0.593 e. The number of aromatic nitrogens is 2. The lowest BCUT2D eigenvalue weighted by atomic mass is 9.84. The molecular formula is C62H83N9O8S. The monoisotopic (exact) mass is 1110 g/mol. The molecule has 17 nitrogen and oxygen atoms in total. The van der Waals surface area contributed by atoms with Crippen LogP contribution < -0.4 is 15.6 Å². The fraction of sp³-hybridized carbons (Fsp3) is 0.629. The van der Waals surface area contributed by atoms with Gasteiger partial charge >= 0.3 is 5.97 Å². The van der Waals surface area contributed by atoms with Crippen LogP contribution in [0, 0.1) is 29.6 Å². The highest BCUT2D eigenvalue weighted by molar-refractivity contribution is 7.89. The first-order valence-electron chi connectivity index (χ1n) is 30.0. The second-order valence-electron chi connectivity index (χ2n) is 25.5. The summed E-state index contributed by atoms with van der Waals surface area (Å²) in [7, 11) is 1.71. The van der Waals surface area contributed by atoms with E-state index >= 15 is 9.59 Å². The van der Waals surface area contributed by atoms with Crippen molar-refractivity contribution in [3.63, 3.8) is 0 Å². The molecule has 8 heterocycles. The van der Waals surface area contributed by atoms with Crippen LogP contribution in [0.1, 0.15) is 121 Å². The van der Waals surface area contributed by atoms with Gasteiger partial charge in [0, 0.05) is 98.5 Å². The molecule has 7 fully saturated rings. The third-order valence-corrected chi connectivity index (χ3v) is 20.7. The zero-order valence-corrected chi connectivity index (χ0v) is 48.6. The SMILES string of the molecule is CCn1c(-c2cccnc2[C@H](C)OC)c2c3cc(ccc31)N1CCO[C@@H](C[C@H](NC(=O)[C@H](C3CCCC3)N3CC[C@]4(CCN(C(=O)[C@H]5[C@@H](C6CC6)N5[S+]([O-])c5ccc(C)cc5)C4)C3)C(=O)N3CCC[C@H](N3)C(=O)OCC(C)(C)C2)C1. The maximum Gasteiger partial charge on any atom is 0.324 e. The van der Waals surface area contributed by atoms with Crippen molar-refractivity contribution in [3.8, 4) is 11.3 Å². The van der Waals surface area contributed by atoms with Crippen LogP contribution in [0.2, 0.25) is 0 Å². The van der Waals surface area contributed by atoms with Crippen LogP contribution >= 0.6 is 0 Å². The van der Waals surface area contributed by atoms with Gasteiger partial charge in [0.25, 0.3) is 5.91 Å². The van der Waals surface area contributed by atoms with E-state index < -0.39 is 40.9 Å². The van der Waals surface area contributed by atoms with Crippen LogP contribution in [0.5, 0.6) is 0 Å². The second-order valence-corrected chi connectivity index (χ2v) is 26.9. The number of fused-ring (bicyclic) bond motifs is 6. The molecule has 2 aromatic heterocycles. The van der Waals surface area contributed by atoms with E-state index in [1.165, 1.54) is 0 Å². The van der Waals surface area contributed by atoms with Gasteiger partial charge in [-0.15, -0.1) is 4.31 Å². The Morgan fingerprint density at radius 1 is 0.975 bits per heavy atom. The summed E-state index contributed by atoms with van der Waals surface area (Å²) in [6.45, 7) is 16.1. The van der Waals surface area contributed by atoms with Gasteiger partial charge in [-0.1, -0.05) is 44.4 Å². The number of ether oxygens (including phenoxy) is 3. The molecule has 8 aliphatic rings. The van der Waals surface area contributed by atoms with E-state index in [2.05, 4.69) is 70.1 Å². The van der Waals surface area contributed by atoms with Crippen LogP contribution in [0.3, 0.4) is 0 Å². The van der Waals surface area contributed by atoms with Gasteiger partial charge in [0.15, 0.2) is 10.9 Å². The number of pyridine rings is 1. The number of nitrogens with one attached hydrogen (secondary N) is 2. The molecule has 12 rings (SSSR count). The van der Waals surface area contributed by atoms with Crippen LogP contribution in [-0.2, 0) is 57.7 Å². The number of carbonyl (C=O) groups excluding carboxylic acids is 4. The van der Waals surface area contributed by atoms with Crippen LogP contribution in [0.25, 0.3) is 22.2 Å². The van der Waals surface area contributed by atoms with E-state index in [0.29, 0.717) is 71.1 Å². The Morgan fingerprint density at radius 2 is 1.76 bits per heavy atom. The summed E-state index contributed by atoms with van der Waals surface area (Å²) in [5, 5.41) is 6.05. The van der Waals surface area contributed by atoms with E-state index in [9.17, 15) is 14.1 Å². The lowest BCUT2D eigenvalue weighted by molar-refractivity contribution is -0.156. The molecule has 0 radical (unpaired) electrons. The Labute approximate surface area is 475 Å². The minimum atomic E-state index is -1.40. The van der Waals surface area contributed by atoms with Crippen LogP contribution in [-0.4, -0.2) is 159 Å². The van der Waals surface area contributed by atoms with E-state index in [1.807, 2.05) is 59.6 Å². The van der Waals surface area contributed by atoms with Crippen molar-refractivity contribution in [2.24, 2.45) is 22.7 Å².